The van der Waals surface area contributed by atoms with Gasteiger partial charge in [-0.1, -0.05) is 25.7 Å². The lowest BCUT2D eigenvalue weighted by Gasteiger charge is -2.10. The molecule has 0 unspecified atom stereocenters. The number of nitrogens with zero attached hydrogens (tertiary/aromatic N) is 2. The van der Waals surface area contributed by atoms with Gasteiger partial charge in [0.25, 0.3) is 0 Å². The molecule has 0 atom stereocenters. The largest absolute Gasteiger partial charge is 0.269 e. The molecule has 0 amide bonds. The van der Waals surface area contributed by atoms with Crippen LogP contribution in [0, 0.1) is 0 Å². The van der Waals surface area contributed by atoms with Gasteiger partial charge in [0, 0.05) is 12.1 Å². The van der Waals surface area contributed by atoms with Crippen molar-refractivity contribution in [2.75, 3.05) is 0 Å². The molecule has 2 heteroatoms. The standard InChI is InChI=1S/C13H20N2/c1-2-6-11(5-1)13-9-10-15(14-13)12-7-3-4-8-12/h9-12H,1-8H2. The zero-order valence-electron chi connectivity index (χ0n) is 9.36. The Morgan fingerprint density at radius 2 is 1.67 bits per heavy atom. The zero-order valence-corrected chi connectivity index (χ0v) is 9.36. The summed E-state index contributed by atoms with van der Waals surface area (Å²) in [7, 11) is 0. The maximum Gasteiger partial charge on any atom is 0.0655 e. The Morgan fingerprint density at radius 1 is 1.00 bits per heavy atom. The minimum Gasteiger partial charge on any atom is -0.269 e. The highest BCUT2D eigenvalue weighted by molar-refractivity contribution is 5.08. The molecule has 1 aromatic rings. The summed E-state index contributed by atoms with van der Waals surface area (Å²) in [6.45, 7) is 0. The fraction of sp³-hybridized carbons (Fsp3) is 0.769. The molecule has 82 valence electrons. The molecule has 2 nitrogen and oxygen atoms in total. The highest BCUT2D eigenvalue weighted by Crippen LogP contribution is 2.34. The van der Waals surface area contributed by atoms with Crippen LogP contribution >= 0.6 is 0 Å². The average molecular weight is 204 g/mol. The van der Waals surface area contributed by atoms with Gasteiger partial charge in [0.1, 0.15) is 0 Å². The van der Waals surface area contributed by atoms with Crippen LogP contribution in [0.25, 0.3) is 0 Å². The summed E-state index contributed by atoms with van der Waals surface area (Å²) in [5.74, 6) is 0.771. The smallest absolute Gasteiger partial charge is 0.0655 e. The van der Waals surface area contributed by atoms with E-state index in [1.165, 1.54) is 57.1 Å². The van der Waals surface area contributed by atoms with Crippen molar-refractivity contribution in [3.63, 3.8) is 0 Å². The van der Waals surface area contributed by atoms with Crippen LogP contribution in [-0.2, 0) is 0 Å². The second-order valence-corrected chi connectivity index (χ2v) is 5.14. The summed E-state index contributed by atoms with van der Waals surface area (Å²) in [5.41, 5.74) is 1.36. The quantitative estimate of drug-likeness (QED) is 0.719. The van der Waals surface area contributed by atoms with E-state index < -0.39 is 0 Å². The van der Waals surface area contributed by atoms with Crippen LogP contribution in [-0.4, -0.2) is 9.78 Å². The molecule has 0 N–H and O–H groups in total. The van der Waals surface area contributed by atoms with Gasteiger partial charge < -0.3 is 0 Å². The fourth-order valence-electron chi connectivity index (χ4n) is 3.16. The van der Waals surface area contributed by atoms with Gasteiger partial charge in [0.2, 0.25) is 0 Å². The van der Waals surface area contributed by atoms with Crippen LogP contribution < -0.4 is 0 Å². The van der Waals surface area contributed by atoms with Gasteiger partial charge in [0.05, 0.1) is 11.7 Å². The van der Waals surface area contributed by atoms with E-state index in [0.717, 1.165) is 5.92 Å². The molecule has 2 aliphatic rings. The van der Waals surface area contributed by atoms with Gasteiger partial charge >= 0.3 is 0 Å². The molecular weight excluding hydrogens is 184 g/mol. The maximum absolute atomic E-state index is 4.79. The van der Waals surface area contributed by atoms with E-state index in [2.05, 4.69) is 16.9 Å². The molecular formula is C13H20N2. The van der Waals surface area contributed by atoms with Crippen LogP contribution in [0.5, 0.6) is 0 Å². The third-order valence-corrected chi connectivity index (χ3v) is 4.10. The predicted molar refractivity (Wildman–Crippen MR) is 60.9 cm³/mol. The van der Waals surface area contributed by atoms with Crippen molar-refractivity contribution in [1.82, 2.24) is 9.78 Å². The van der Waals surface area contributed by atoms with E-state index in [-0.39, 0.29) is 0 Å². The fourth-order valence-corrected chi connectivity index (χ4v) is 3.16. The summed E-state index contributed by atoms with van der Waals surface area (Å²) >= 11 is 0. The maximum atomic E-state index is 4.79. The van der Waals surface area contributed by atoms with Crippen LogP contribution in [0.4, 0.5) is 0 Å². The molecule has 1 aromatic heterocycles. The highest BCUT2D eigenvalue weighted by atomic mass is 15.3. The molecule has 0 aromatic carbocycles. The van der Waals surface area contributed by atoms with Gasteiger partial charge in [-0.05, 0) is 31.7 Å². The highest BCUT2D eigenvalue weighted by Gasteiger charge is 2.22. The molecule has 3 rings (SSSR count). The van der Waals surface area contributed by atoms with Crippen molar-refractivity contribution in [3.05, 3.63) is 18.0 Å². The molecule has 2 saturated carbocycles. The lowest BCUT2D eigenvalue weighted by Crippen LogP contribution is -2.06. The number of rotatable bonds is 2. The third-order valence-electron chi connectivity index (χ3n) is 4.10. The Bertz CT molecular complexity index is 287. The normalized spacial score (nSPS) is 24.0. The molecule has 0 bridgehead atoms. The van der Waals surface area contributed by atoms with Crippen molar-refractivity contribution < 1.29 is 0 Å². The van der Waals surface area contributed by atoms with Crippen LogP contribution in [0.3, 0.4) is 0 Å². The Hall–Kier alpha value is -0.790. The Morgan fingerprint density at radius 3 is 2.40 bits per heavy atom. The van der Waals surface area contributed by atoms with Gasteiger partial charge in [-0.2, -0.15) is 5.10 Å². The lowest BCUT2D eigenvalue weighted by atomic mass is 10.1. The van der Waals surface area contributed by atoms with E-state index in [1.54, 1.807) is 0 Å². The molecule has 1 heterocycles. The molecule has 2 fully saturated rings. The zero-order chi connectivity index (χ0) is 10.1. The van der Waals surface area contributed by atoms with Crippen molar-refractivity contribution >= 4 is 0 Å². The first kappa shape index (κ1) is 9.44. The Balaban J connectivity index is 1.74. The van der Waals surface area contributed by atoms with E-state index >= 15 is 0 Å². The first-order valence-corrected chi connectivity index (χ1v) is 6.48. The van der Waals surface area contributed by atoms with Gasteiger partial charge in [-0.3, -0.25) is 4.68 Å². The summed E-state index contributed by atoms with van der Waals surface area (Å²) in [6, 6.07) is 2.97. The minimum atomic E-state index is 0.708. The molecule has 0 radical (unpaired) electrons. The first-order chi connectivity index (χ1) is 7.43. The van der Waals surface area contributed by atoms with E-state index in [1.807, 2.05) is 0 Å². The predicted octanol–water partition coefficient (Wildman–Crippen LogP) is 3.66. The van der Waals surface area contributed by atoms with Crippen LogP contribution in [0.2, 0.25) is 0 Å². The molecule has 0 saturated heterocycles. The summed E-state index contributed by atoms with van der Waals surface area (Å²) in [5, 5.41) is 4.79. The monoisotopic (exact) mass is 204 g/mol. The molecule has 15 heavy (non-hydrogen) atoms. The van der Waals surface area contributed by atoms with Gasteiger partial charge in [0.15, 0.2) is 0 Å². The van der Waals surface area contributed by atoms with Gasteiger partial charge in [-0.15, -0.1) is 0 Å². The third kappa shape index (κ3) is 1.82. The summed E-state index contributed by atoms with van der Waals surface area (Å²) in [6.07, 6.45) is 13.2. The topological polar surface area (TPSA) is 17.8 Å². The lowest BCUT2D eigenvalue weighted by molar-refractivity contribution is 0.458. The minimum absolute atomic E-state index is 0.708. The Labute approximate surface area is 91.7 Å². The SMILES string of the molecule is c1cn(C2CCCC2)nc1C1CCCC1. The Kier molecular flexibility index (Phi) is 2.51. The number of hydrogen-bond acceptors (Lipinski definition) is 1. The average Bonchev–Trinajstić information content (AvgIpc) is 3.02. The van der Waals surface area contributed by atoms with E-state index in [4.69, 9.17) is 5.10 Å². The summed E-state index contributed by atoms with van der Waals surface area (Å²) < 4.78 is 2.24. The van der Waals surface area contributed by atoms with E-state index in [9.17, 15) is 0 Å². The second-order valence-electron chi connectivity index (χ2n) is 5.14. The molecule has 2 aliphatic carbocycles. The second kappa shape index (κ2) is 3.99. The van der Waals surface area contributed by atoms with Crippen molar-refractivity contribution in [2.45, 2.75) is 63.3 Å². The summed E-state index contributed by atoms with van der Waals surface area (Å²) in [4.78, 5) is 0. The first-order valence-electron chi connectivity index (χ1n) is 6.48. The van der Waals surface area contributed by atoms with E-state index in [0.29, 0.717) is 6.04 Å². The van der Waals surface area contributed by atoms with Crippen molar-refractivity contribution in [1.29, 1.82) is 0 Å². The van der Waals surface area contributed by atoms with Crippen LogP contribution in [0.15, 0.2) is 12.3 Å². The molecule has 0 aliphatic heterocycles. The van der Waals surface area contributed by atoms with Crippen molar-refractivity contribution in [2.24, 2.45) is 0 Å². The van der Waals surface area contributed by atoms with Gasteiger partial charge in [-0.25, -0.2) is 0 Å². The van der Waals surface area contributed by atoms with Crippen molar-refractivity contribution in [3.8, 4) is 0 Å². The van der Waals surface area contributed by atoms with Crippen LogP contribution in [0.1, 0.15) is 69.0 Å². The number of aromatic nitrogens is 2. The molecule has 0 spiro atoms. The number of hydrogen-bond donors (Lipinski definition) is 0.